The maximum Gasteiger partial charge on any atom is 0.136 e. The third-order valence-corrected chi connectivity index (χ3v) is 10.2. The molecule has 4 aromatic rings. The van der Waals surface area contributed by atoms with Gasteiger partial charge in [-0.3, -0.25) is 0 Å². The Morgan fingerprint density at radius 3 is 1.39 bits per heavy atom. The van der Waals surface area contributed by atoms with E-state index in [1.54, 1.807) is 14.2 Å². The number of hydrogen-bond acceptors (Lipinski definition) is 7. The highest BCUT2D eigenvalue weighted by Gasteiger charge is 2.44. The van der Waals surface area contributed by atoms with Crippen LogP contribution in [0, 0.1) is 0 Å². The summed E-state index contributed by atoms with van der Waals surface area (Å²) in [6, 6.07) is 24.6. The van der Waals surface area contributed by atoms with Crippen LogP contribution in [0.15, 0.2) is 97.1 Å². The predicted octanol–water partition coefficient (Wildman–Crippen LogP) is 9.31. The van der Waals surface area contributed by atoms with Crippen molar-refractivity contribution in [2.75, 3.05) is 14.2 Å². The molecule has 49 heavy (non-hydrogen) atoms. The lowest BCUT2D eigenvalue weighted by Gasteiger charge is -2.39. The molecule has 0 aliphatic carbocycles. The van der Waals surface area contributed by atoms with E-state index in [1.165, 1.54) is 0 Å². The van der Waals surface area contributed by atoms with E-state index in [-0.39, 0.29) is 36.6 Å². The Hall–Kier alpha value is -4.88. The fourth-order valence-electron chi connectivity index (χ4n) is 7.66. The molecule has 6 atom stereocenters. The van der Waals surface area contributed by atoms with E-state index in [9.17, 15) is 0 Å². The summed E-state index contributed by atoms with van der Waals surface area (Å²) in [4.78, 5) is 0. The van der Waals surface area contributed by atoms with Crippen LogP contribution in [0.25, 0.3) is 0 Å². The van der Waals surface area contributed by atoms with Crippen LogP contribution in [0.4, 0.5) is 0 Å². The van der Waals surface area contributed by atoms with Crippen molar-refractivity contribution < 1.29 is 33.2 Å². The Morgan fingerprint density at radius 2 is 1.02 bits per heavy atom. The molecule has 4 aliphatic heterocycles. The highest BCUT2D eigenvalue weighted by Crippen LogP contribution is 2.58. The minimum atomic E-state index is -0.372. The second-order valence-electron chi connectivity index (χ2n) is 13.5. The normalized spacial score (nSPS) is 24.5. The zero-order valence-electron chi connectivity index (χ0n) is 28.5. The summed E-state index contributed by atoms with van der Waals surface area (Å²) in [5.41, 5.74) is 7.94. The van der Waals surface area contributed by atoms with E-state index in [2.05, 4.69) is 37.4 Å². The van der Waals surface area contributed by atoms with Gasteiger partial charge in [0.05, 0.1) is 37.6 Å². The zero-order chi connectivity index (χ0) is 33.8. The molecule has 252 valence electrons. The molecule has 0 N–H and O–H groups in total. The number of rotatable bonds is 8. The summed E-state index contributed by atoms with van der Waals surface area (Å²) in [6.45, 7) is 12.4. The summed E-state index contributed by atoms with van der Waals surface area (Å²) in [6.07, 6.45) is 1.04. The van der Waals surface area contributed by atoms with Crippen molar-refractivity contribution >= 4 is 0 Å². The molecule has 4 heterocycles. The average Bonchev–Trinajstić information content (AvgIpc) is 3.77. The van der Waals surface area contributed by atoms with E-state index in [0.717, 1.165) is 67.5 Å². The maximum absolute atomic E-state index is 7.41. The first-order chi connectivity index (χ1) is 23.8. The smallest absolute Gasteiger partial charge is 0.136 e. The molecule has 0 aromatic heterocycles. The average molecular weight is 659 g/mol. The number of methoxy groups -OCH3 is 2. The van der Waals surface area contributed by atoms with Crippen LogP contribution in [-0.2, 0) is 17.6 Å². The molecule has 0 amide bonds. The first kappa shape index (κ1) is 31.4. The Kier molecular flexibility index (Phi) is 8.03. The van der Waals surface area contributed by atoms with Gasteiger partial charge in [0, 0.05) is 48.9 Å². The molecule has 0 saturated carbocycles. The molecule has 0 spiro atoms. The lowest BCUT2D eigenvalue weighted by atomic mass is 9.88. The second-order valence-corrected chi connectivity index (χ2v) is 13.5. The number of hydrogen-bond donors (Lipinski definition) is 0. The first-order valence-electron chi connectivity index (χ1n) is 17.0. The molecule has 7 nitrogen and oxygen atoms in total. The molecule has 0 radical (unpaired) electrons. The van der Waals surface area contributed by atoms with Crippen molar-refractivity contribution in [3.8, 4) is 34.5 Å². The molecule has 7 heteroatoms. The molecular weight excluding hydrogens is 616 g/mol. The van der Waals surface area contributed by atoms with Gasteiger partial charge in [0.15, 0.2) is 0 Å². The van der Waals surface area contributed by atoms with E-state index >= 15 is 0 Å². The van der Waals surface area contributed by atoms with Gasteiger partial charge in [-0.1, -0.05) is 73.8 Å². The van der Waals surface area contributed by atoms with Crippen LogP contribution in [0.1, 0.15) is 84.5 Å². The minimum absolute atomic E-state index is 0.128. The second kappa shape index (κ2) is 12.5. The van der Waals surface area contributed by atoms with Crippen molar-refractivity contribution in [2.24, 2.45) is 0 Å². The largest absolute Gasteiger partial charge is 0.496 e. The summed E-state index contributed by atoms with van der Waals surface area (Å²) in [5.74, 6) is 4.43. The Labute approximate surface area is 288 Å². The standard InChI is InChI=1S/C42H42O7/c1-23(2)29-17-27-33(45-29)21-35(43-5)39-37(19-31(48-41(27)39)25-13-9-7-10-14-25)47-38-20-32(26-15-11-8-12-16-26)49-42-28-18-30(24(3)4)46-34(28)22-36(44-6)40(38)42/h7-16,21-22,29-32,37-38H,1,3,17-20H2,2,4-6H3. The lowest BCUT2D eigenvalue weighted by molar-refractivity contribution is -0.0757. The van der Waals surface area contributed by atoms with E-state index < -0.39 is 0 Å². The van der Waals surface area contributed by atoms with Gasteiger partial charge in [-0.05, 0) is 36.1 Å². The predicted molar refractivity (Wildman–Crippen MR) is 187 cm³/mol. The quantitative estimate of drug-likeness (QED) is 0.175. The summed E-state index contributed by atoms with van der Waals surface area (Å²) < 4.78 is 46.1. The van der Waals surface area contributed by atoms with Crippen LogP contribution in [0.3, 0.4) is 0 Å². The SMILES string of the molecule is C=C(C)C1Cc2c(cc(OC)c3c2OC(c2ccccc2)CC3OC2CC(c3ccccc3)Oc3c4c(cc(OC)c32)OC(C(=C)C)C4)O1. The van der Waals surface area contributed by atoms with Crippen LogP contribution >= 0.6 is 0 Å². The van der Waals surface area contributed by atoms with Gasteiger partial charge in [0.25, 0.3) is 0 Å². The van der Waals surface area contributed by atoms with Gasteiger partial charge < -0.3 is 33.2 Å². The highest BCUT2D eigenvalue weighted by molar-refractivity contribution is 5.63. The fourth-order valence-corrected chi connectivity index (χ4v) is 7.66. The molecular formula is C42H42O7. The molecule has 0 bridgehead atoms. The molecule has 4 aliphatic rings. The van der Waals surface area contributed by atoms with Crippen molar-refractivity contribution in [3.63, 3.8) is 0 Å². The van der Waals surface area contributed by atoms with Crippen molar-refractivity contribution in [1.82, 2.24) is 0 Å². The van der Waals surface area contributed by atoms with E-state index in [1.807, 2.05) is 62.4 Å². The number of fused-ring (bicyclic) bond motifs is 6. The first-order valence-corrected chi connectivity index (χ1v) is 17.0. The lowest BCUT2D eigenvalue weighted by Crippen LogP contribution is -2.27. The summed E-state index contributed by atoms with van der Waals surface area (Å²) in [7, 11) is 3.38. The van der Waals surface area contributed by atoms with Gasteiger partial charge in [-0.15, -0.1) is 0 Å². The molecule has 0 saturated heterocycles. The van der Waals surface area contributed by atoms with Crippen molar-refractivity contribution in [1.29, 1.82) is 0 Å². The maximum atomic E-state index is 7.41. The van der Waals surface area contributed by atoms with Gasteiger partial charge in [-0.25, -0.2) is 0 Å². The Bertz CT molecular complexity index is 1780. The van der Waals surface area contributed by atoms with Crippen LogP contribution in [-0.4, -0.2) is 26.4 Å². The third-order valence-electron chi connectivity index (χ3n) is 10.2. The van der Waals surface area contributed by atoms with Gasteiger partial charge in [0.2, 0.25) is 0 Å². The monoisotopic (exact) mass is 658 g/mol. The fraction of sp³-hybridized carbons (Fsp3) is 0.333. The number of benzene rings is 4. The minimum Gasteiger partial charge on any atom is -0.496 e. The Morgan fingerprint density at radius 1 is 0.612 bits per heavy atom. The summed E-state index contributed by atoms with van der Waals surface area (Å²) in [5, 5.41) is 0. The molecule has 6 unspecified atom stereocenters. The van der Waals surface area contributed by atoms with Crippen molar-refractivity contribution in [2.45, 2.75) is 76.2 Å². The highest BCUT2D eigenvalue weighted by atomic mass is 16.5. The van der Waals surface area contributed by atoms with Gasteiger partial charge >= 0.3 is 0 Å². The summed E-state index contributed by atoms with van der Waals surface area (Å²) >= 11 is 0. The van der Waals surface area contributed by atoms with Crippen LogP contribution in [0.2, 0.25) is 0 Å². The molecule has 8 rings (SSSR count). The Balaban J connectivity index is 1.26. The van der Waals surface area contributed by atoms with Gasteiger partial charge in [-0.2, -0.15) is 0 Å². The van der Waals surface area contributed by atoms with Crippen molar-refractivity contribution in [3.05, 3.63) is 130 Å². The van der Waals surface area contributed by atoms with E-state index in [4.69, 9.17) is 33.2 Å². The van der Waals surface area contributed by atoms with E-state index in [0.29, 0.717) is 37.2 Å². The van der Waals surface area contributed by atoms with Crippen LogP contribution in [0.5, 0.6) is 34.5 Å². The third kappa shape index (κ3) is 5.50. The van der Waals surface area contributed by atoms with Gasteiger partial charge in [0.1, 0.15) is 58.9 Å². The topological polar surface area (TPSA) is 64.6 Å². The molecule has 0 fully saturated rings. The van der Waals surface area contributed by atoms with Crippen LogP contribution < -0.4 is 28.4 Å². The molecule has 4 aromatic carbocycles. The zero-order valence-corrected chi connectivity index (χ0v) is 28.5. The number of ether oxygens (including phenoxy) is 7.